The molecule has 0 bridgehead atoms. The van der Waals surface area contributed by atoms with Crippen molar-refractivity contribution in [3.63, 3.8) is 0 Å². The fraction of sp³-hybridized carbons (Fsp3) is 0.391. The van der Waals surface area contributed by atoms with Crippen LogP contribution in [0.15, 0.2) is 48.5 Å². The van der Waals surface area contributed by atoms with E-state index in [4.69, 9.17) is 14.2 Å². The molecule has 4 nitrogen and oxygen atoms in total. The van der Waals surface area contributed by atoms with Crippen LogP contribution in [0.25, 0.3) is 17.2 Å². The average Bonchev–Trinajstić information content (AvgIpc) is 2.72. The number of piperidine rings is 1. The number of hydrogen-bond donors (Lipinski definition) is 0. The van der Waals surface area contributed by atoms with Crippen molar-refractivity contribution in [2.24, 2.45) is 0 Å². The number of methoxy groups -OCH3 is 2. The Bertz CT molecular complexity index is 772. The fourth-order valence-electron chi connectivity index (χ4n) is 3.54. The highest BCUT2D eigenvalue weighted by molar-refractivity contribution is 5.80. The molecule has 3 rings (SSSR count). The summed E-state index contributed by atoms with van der Waals surface area (Å²) in [5, 5.41) is 0. The summed E-state index contributed by atoms with van der Waals surface area (Å²) in [4.78, 5) is 2.43. The van der Waals surface area contributed by atoms with Gasteiger partial charge in [-0.1, -0.05) is 42.8 Å². The predicted molar refractivity (Wildman–Crippen MR) is 110 cm³/mol. The SMILES string of the molecule is COCOc1ccc(OC)cc1-c1ccccc1C=CC1CCCCN1C. The molecule has 0 amide bonds. The van der Waals surface area contributed by atoms with Crippen molar-refractivity contribution in [3.8, 4) is 22.6 Å². The zero-order valence-electron chi connectivity index (χ0n) is 16.5. The molecular weight excluding hydrogens is 338 g/mol. The molecule has 144 valence electrons. The van der Waals surface area contributed by atoms with Crippen LogP contribution in [0.2, 0.25) is 0 Å². The first-order valence-electron chi connectivity index (χ1n) is 9.50. The highest BCUT2D eigenvalue weighted by atomic mass is 16.7. The van der Waals surface area contributed by atoms with E-state index >= 15 is 0 Å². The molecule has 1 fully saturated rings. The Morgan fingerprint density at radius 1 is 1.07 bits per heavy atom. The number of likely N-dealkylation sites (N-methyl/N-ethyl adjacent to an activating group) is 1. The maximum absolute atomic E-state index is 5.80. The van der Waals surface area contributed by atoms with Gasteiger partial charge in [0, 0.05) is 18.7 Å². The molecule has 1 saturated heterocycles. The first-order chi connectivity index (χ1) is 13.2. The first kappa shape index (κ1) is 19.5. The molecule has 1 unspecified atom stereocenters. The van der Waals surface area contributed by atoms with Gasteiger partial charge in [0.05, 0.1) is 7.11 Å². The lowest BCUT2D eigenvalue weighted by Gasteiger charge is -2.30. The number of nitrogens with zero attached hydrogens (tertiary/aromatic N) is 1. The Hall–Kier alpha value is -2.30. The Morgan fingerprint density at radius 3 is 2.70 bits per heavy atom. The third-order valence-corrected chi connectivity index (χ3v) is 5.09. The van der Waals surface area contributed by atoms with E-state index in [9.17, 15) is 0 Å². The molecule has 1 heterocycles. The quantitative estimate of drug-likeness (QED) is 0.655. The molecule has 0 aliphatic carbocycles. The van der Waals surface area contributed by atoms with Crippen LogP contribution in [0.5, 0.6) is 11.5 Å². The normalized spacial score (nSPS) is 18.0. The van der Waals surface area contributed by atoms with Gasteiger partial charge in [0.1, 0.15) is 11.5 Å². The van der Waals surface area contributed by atoms with E-state index in [-0.39, 0.29) is 6.79 Å². The van der Waals surface area contributed by atoms with Crippen molar-refractivity contribution < 1.29 is 14.2 Å². The molecule has 0 radical (unpaired) electrons. The second-order valence-corrected chi connectivity index (χ2v) is 6.90. The second-order valence-electron chi connectivity index (χ2n) is 6.90. The number of hydrogen-bond acceptors (Lipinski definition) is 4. The number of rotatable bonds is 7. The monoisotopic (exact) mass is 367 g/mol. The summed E-state index contributed by atoms with van der Waals surface area (Å²) in [5.74, 6) is 1.59. The first-order valence-corrected chi connectivity index (χ1v) is 9.50. The maximum atomic E-state index is 5.80. The van der Waals surface area contributed by atoms with E-state index in [1.54, 1.807) is 14.2 Å². The highest BCUT2D eigenvalue weighted by Crippen LogP contribution is 2.36. The van der Waals surface area contributed by atoms with Crippen LogP contribution in [0.1, 0.15) is 24.8 Å². The molecule has 0 aromatic heterocycles. The number of likely N-dealkylation sites (tertiary alicyclic amines) is 1. The van der Waals surface area contributed by atoms with E-state index in [0.717, 1.165) is 22.6 Å². The topological polar surface area (TPSA) is 30.9 Å². The molecule has 4 heteroatoms. The van der Waals surface area contributed by atoms with Gasteiger partial charge in [-0.15, -0.1) is 0 Å². The number of benzene rings is 2. The lowest BCUT2D eigenvalue weighted by molar-refractivity contribution is 0.0515. The zero-order chi connectivity index (χ0) is 19.1. The second kappa shape index (κ2) is 9.58. The Labute approximate surface area is 162 Å². The molecule has 1 aliphatic heterocycles. The number of ether oxygens (including phenoxy) is 3. The van der Waals surface area contributed by atoms with Crippen LogP contribution in [-0.2, 0) is 4.74 Å². The van der Waals surface area contributed by atoms with Gasteiger partial charge in [0.25, 0.3) is 0 Å². The molecule has 0 spiro atoms. The molecule has 0 N–H and O–H groups in total. The summed E-state index contributed by atoms with van der Waals surface area (Å²) >= 11 is 0. The maximum Gasteiger partial charge on any atom is 0.188 e. The Kier molecular flexibility index (Phi) is 6.91. The molecule has 1 aliphatic rings. The summed E-state index contributed by atoms with van der Waals surface area (Å²) in [6.45, 7) is 1.38. The van der Waals surface area contributed by atoms with Crippen LogP contribution in [0.4, 0.5) is 0 Å². The van der Waals surface area contributed by atoms with Crippen LogP contribution >= 0.6 is 0 Å². The van der Waals surface area contributed by atoms with E-state index in [1.807, 2.05) is 18.2 Å². The summed E-state index contributed by atoms with van der Waals surface area (Å²) < 4.78 is 16.3. The van der Waals surface area contributed by atoms with Gasteiger partial charge in [-0.3, -0.25) is 4.90 Å². The van der Waals surface area contributed by atoms with Gasteiger partial charge < -0.3 is 14.2 Å². The van der Waals surface area contributed by atoms with Gasteiger partial charge >= 0.3 is 0 Å². The van der Waals surface area contributed by atoms with Crippen LogP contribution in [0, 0.1) is 0 Å². The highest BCUT2D eigenvalue weighted by Gasteiger charge is 2.16. The van der Waals surface area contributed by atoms with Gasteiger partial charge in [0.2, 0.25) is 0 Å². The van der Waals surface area contributed by atoms with E-state index in [1.165, 1.54) is 31.4 Å². The lowest BCUT2D eigenvalue weighted by Crippen LogP contribution is -2.34. The van der Waals surface area contributed by atoms with Crippen LogP contribution in [-0.4, -0.2) is 45.5 Å². The lowest BCUT2D eigenvalue weighted by atomic mass is 9.96. The molecule has 1 atom stereocenters. The molecule has 0 saturated carbocycles. The van der Waals surface area contributed by atoms with Crippen molar-refractivity contribution >= 4 is 6.08 Å². The summed E-state index contributed by atoms with van der Waals surface area (Å²) in [7, 11) is 5.51. The third-order valence-electron chi connectivity index (χ3n) is 5.09. The molecule has 27 heavy (non-hydrogen) atoms. The van der Waals surface area contributed by atoms with Crippen molar-refractivity contribution in [2.45, 2.75) is 25.3 Å². The van der Waals surface area contributed by atoms with Gasteiger partial charge in [-0.05, 0) is 55.8 Å². The third kappa shape index (κ3) is 4.90. The van der Waals surface area contributed by atoms with E-state index in [0.29, 0.717) is 6.04 Å². The van der Waals surface area contributed by atoms with Crippen molar-refractivity contribution in [2.75, 3.05) is 34.6 Å². The Balaban J connectivity index is 1.95. The zero-order valence-corrected chi connectivity index (χ0v) is 16.5. The molecule has 2 aromatic rings. The minimum Gasteiger partial charge on any atom is -0.497 e. The standard InChI is InChI=1S/C23H29NO3/c1-24-15-7-6-9-19(24)12-11-18-8-4-5-10-21(18)22-16-20(26-3)13-14-23(22)27-17-25-2/h4-5,8,10-14,16,19H,6-7,9,15,17H2,1-3H3. The van der Waals surface area contributed by atoms with Crippen LogP contribution in [0.3, 0.4) is 0 Å². The molecular formula is C23H29NO3. The van der Waals surface area contributed by atoms with Gasteiger partial charge in [-0.2, -0.15) is 0 Å². The Morgan fingerprint density at radius 2 is 1.93 bits per heavy atom. The van der Waals surface area contributed by atoms with E-state index < -0.39 is 0 Å². The van der Waals surface area contributed by atoms with E-state index in [2.05, 4.69) is 48.4 Å². The molecule has 2 aromatic carbocycles. The van der Waals surface area contributed by atoms with Crippen molar-refractivity contribution in [3.05, 3.63) is 54.1 Å². The van der Waals surface area contributed by atoms with Crippen LogP contribution < -0.4 is 9.47 Å². The average molecular weight is 367 g/mol. The largest absolute Gasteiger partial charge is 0.497 e. The van der Waals surface area contributed by atoms with Crippen molar-refractivity contribution in [1.82, 2.24) is 4.90 Å². The predicted octanol–water partition coefficient (Wildman–Crippen LogP) is 4.84. The summed E-state index contributed by atoms with van der Waals surface area (Å²) in [6.07, 6.45) is 8.37. The van der Waals surface area contributed by atoms with Gasteiger partial charge in [-0.25, -0.2) is 0 Å². The van der Waals surface area contributed by atoms with Gasteiger partial charge in [0.15, 0.2) is 6.79 Å². The fourth-order valence-corrected chi connectivity index (χ4v) is 3.54. The minimum absolute atomic E-state index is 0.213. The summed E-state index contributed by atoms with van der Waals surface area (Å²) in [5.41, 5.74) is 3.30. The minimum atomic E-state index is 0.213. The van der Waals surface area contributed by atoms with Crippen molar-refractivity contribution in [1.29, 1.82) is 0 Å². The summed E-state index contributed by atoms with van der Waals surface area (Å²) in [6, 6.07) is 14.8. The smallest absolute Gasteiger partial charge is 0.188 e.